The lowest BCUT2D eigenvalue weighted by atomic mass is 10.3. The fourth-order valence-corrected chi connectivity index (χ4v) is 1.85. The SMILES string of the molecule is O=c1nc(N(CCCO)C2CC2)cc(Cl)[nH]1. The largest absolute Gasteiger partial charge is 0.396 e. The summed E-state index contributed by atoms with van der Waals surface area (Å²) < 4.78 is 0. The molecule has 2 rings (SSSR count). The molecule has 1 aliphatic carbocycles. The van der Waals surface area contributed by atoms with E-state index in [1.165, 1.54) is 0 Å². The summed E-state index contributed by atoms with van der Waals surface area (Å²) in [4.78, 5) is 19.5. The first-order valence-electron chi connectivity index (χ1n) is 5.35. The van der Waals surface area contributed by atoms with Crippen molar-refractivity contribution in [3.63, 3.8) is 0 Å². The minimum Gasteiger partial charge on any atom is -0.396 e. The van der Waals surface area contributed by atoms with E-state index in [9.17, 15) is 4.79 Å². The number of aliphatic hydroxyl groups is 1. The van der Waals surface area contributed by atoms with Crippen LogP contribution in [0.3, 0.4) is 0 Å². The van der Waals surface area contributed by atoms with Crippen molar-refractivity contribution < 1.29 is 5.11 Å². The van der Waals surface area contributed by atoms with Crippen LogP contribution in [0.25, 0.3) is 0 Å². The Bertz CT molecular complexity index is 417. The minimum atomic E-state index is -0.433. The Balaban J connectivity index is 2.20. The van der Waals surface area contributed by atoms with E-state index in [1.54, 1.807) is 6.07 Å². The van der Waals surface area contributed by atoms with Gasteiger partial charge in [0.15, 0.2) is 0 Å². The Kier molecular flexibility index (Phi) is 3.46. The van der Waals surface area contributed by atoms with E-state index >= 15 is 0 Å². The van der Waals surface area contributed by atoms with Crippen LogP contribution in [0.1, 0.15) is 19.3 Å². The van der Waals surface area contributed by atoms with Crippen molar-refractivity contribution >= 4 is 17.4 Å². The van der Waals surface area contributed by atoms with Crippen molar-refractivity contribution in [2.75, 3.05) is 18.1 Å². The van der Waals surface area contributed by atoms with Gasteiger partial charge < -0.3 is 10.0 Å². The topological polar surface area (TPSA) is 69.2 Å². The molecule has 0 spiro atoms. The van der Waals surface area contributed by atoms with E-state index in [0.717, 1.165) is 12.8 Å². The molecule has 1 aromatic rings. The summed E-state index contributed by atoms with van der Waals surface area (Å²) in [6, 6.07) is 2.09. The predicted molar refractivity (Wildman–Crippen MR) is 61.9 cm³/mol. The van der Waals surface area contributed by atoms with Gasteiger partial charge in [-0.1, -0.05) is 11.6 Å². The third kappa shape index (κ3) is 2.74. The molecule has 1 saturated carbocycles. The molecule has 1 aromatic heterocycles. The fraction of sp³-hybridized carbons (Fsp3) is 0.600. The van der Waals surface area contributed by atoms with E-state index < -0.39 is 5.69 Å². The van der Waals surface area contributed by atoms with Gasteiger partial charge in [0.1, 0.15) is 11.0 Å². The molecule has 1 heterocycles. The molecule has 1 aliphatic rings. The maximum atomic E-state index is 11.2. The number of aromatic amines is 1. The second kappa shape index (κ2) is 4.84. The number of nitrogens with zero attached hydrogens (tertiary/aromatic N) is 2. The van der Waals surface area contributed by atoms with Gasteiger partial charge in [-0.15, -0.1) is 0 Å². The Morgan fingerprint density at radius 1 is 1.62 bits per heavy atom. The second-order valence-electron chi connectivity index (χ2n) is 3.89. The quantitative estimate of drug-likeness (QED) is 0.750. The molecule has 0 aromatic carbocycles. The third-order valence-corrected chi connectivity index (χ3v) is 2.74. The molecule has 0 atom stereocenters. The molecule has 0 aliphatic heterocycles. The van der Waals surface area contributed by atoms with Crippen LogP contribution >= 0.6 is 11.6 Å². The van der Waals surface area contributed by atoms with E-state index in [1.807, 2.05) is 4.90 Å². The van der Waals surface area contributed by atoms with Crippen LogP contribution in [0.15, 0.2) is 10.9 Å². The molecule has 5 nitrogen and oxygen atoms in total. The first-order valence-corrected chi connectivity index (χ1v) is 5.73. The summed E-state index contributed by atoms with van der Waals surface area (Å²) in [5.74, 6) is 0.602. The van der Waals surface area contributed by atoms with Gasteiger partial charge in [0, 0.05) is 25.3 Å². The highest BCUT2D eigenvalue weighted by Crippen LogP contribution is 2.30. The summed E-state index contributed by atoms with van der Waals surface area (Å²) in [7, 11) is 0. The van der Waals surface area contributed by atoms with E-state index in [-0.39, 0.29) is 6.61 Å². The van der Waals surface area contributed by atoms with Gasteiger partial charge in [-0.05, 0) is 19.3 Å². The summed E-state index contributed by atoms with van der Waals surface area (Å²) in [6.45, 7) is 0.841. The standard InChI is InChI=1S/C10H14ClN3O2/c11-8-6-9(13-10(16)12-8)14(4-1-5-15)7-2-3-7/h6-7,15H,1-5H2,(H,12,13,16). The smallest absolute Gasteiger partial charge is 0.348 e. The van der Waals surface area contributed by atoms with Crippen molar-refractivity contribution in [2.45, 2.75) is 25.3 Å². The molecule has 2 N–H and O–H groups in total. The van der Waals surface area contributed by atoms with Crippen molar-refractivity contribution in [2.24, 2.45) is 0 Å². The zero-order chi connectivity index (χ0) is 11.5. The molecule has 0 bridgehead atoms. The monoisotopic (exact) mass is 243 g/mol. The molecule has 0 unspecified atom stereocenters. The number of H-pyrrole nitrogens is 1. The van der Waals surface area contributed by atoms with Crippen LogP contribution in [-0.2, 0) is 0 Å². The molecule has 0 amide bonds. The lowest BCUT2D eigenvalue weighted by molar-refractivity contribution is 0.289. The predicted octanol–water partition coefficient (Wildman–Crippen LogP) is 0.774. The molecule has 0 saturated heterocycles. The van der Waals surface area contributed by atoms with Gasteiger partial charge in [-0.25, -0.2) is 4.79 Å². The average Bonchev–Trinajstić information content (AvgIpc) is 3.01. The number of nitrogens with one attached hydrogen (secondary N) is 1. The number of halogens is 1. The Morgan fingerprint density at radius 3 is 2.94 bits per heavy atom. The first-order chi connectivity index (χ1) is 7.70. The van der Waals surface area contributed by atoms with Crippen molar-refractivity contribution in [1.29, 1.82) is 0 Å². The van der Waals surface area contributed by atoms with Gasteiger partial charge in [0.25, 0.3) is 0 Å². The molecule has 1 fully saturated rings. The molecule has 16 heavy (non-hydrogen) atoms. The number of anilines is 1. The summed E-state index contributed by atoms with van der Waals surface area (Å²) >= 11 is 5.78. The minimum absolute atomic E-state index is 0.139. The number of hydrogen-bond acceptors (Lipinski definition) is 4. The highest BCUT2D eigenvalue weighted by molar-refractivity contribution is 6.29. The number of aliphatic hydroxyl groups excluding tert-OH is 1. The maximum Gasteiger partial charge on any atom is 0.348 e. The molecular weight excluding hydrogens is 230 g/mol. The first kappa shape index (κ1) is 11.4. The highest BCUT2D eigenvalue weighted by atomic mass is 35.5. The van der Waals surface area contributed by atoms with Gasteiger partial charge in [-0.3, -0.25) is 4.98 Å². The Morgan fingerprint density at radius 2 is 2.38 bits per heavy atom. The van der Waals surface area contributed by atoms with Crippen LogP contribution in [-0.4, -0.2) is 34.3 Å². The van der Waals surface area contributed by atoms with Gasteiger partial charge in [-0.2, -0.15) is 4.98 Å². The number of hydrogen-bond donors (Lipinski definition) is 2. The van der Waals surface area contributed by atoms with Crippen LogP contribution in [0.5, 0.6) is 0 Å². The zero-order valence-electron chi connectivity index (χ0n) is 8.82. The van der Waals surface area contributed by atoms with Crippen LogP contribution in [0, 0.1) is 0 Å². The fourth-order valence-electron chi connectivity index (χ4n) is 1.67. The molecule has 0 radical (unpaired) electrons. The highest BCUT2D eigenvalue weighted by Gasteiger charge is 2.29. The Labute approximate surface area is 98.1 Å². The Hall–Kier alpha value is -1.07. The van der Waals surface area contributed by atoms with Crippen LogP contribution < -0.4 is 10.6 Å². The lowest BCUT2D eigenvalue weighted by Gasteiger charge is -2.22. The molecule has 88 valence electrons. The maximum absolute atomic E-state index is 11.2. The molecule has 6 heteroatoms. The van der Waals surface area contributed by atoms with Gasteiger partial charge in [0.05, 0.1) is 0 Å². The summed E-state index contributed by atoms with van der Waals surface area (Å²) in [5.41, 5.74) is -0.433. The van der Waals surface area contributed by atoms with Crippen LogP contribution in [0.2, 0.25) is 5.15 Å². The van der Waals surface area contributed by atoms with Gasteiger partial charge >= 0.3 is 5.69 Å². The average molecular weight is 244 g/mol. The zero-order valence-corrected chi connectivity index (χ0v) is 9.57. The van der Waals surface area contributed by atoms with E-state index in [0.29, 0.717) is 30.0 Å². The second-order valence-corrected chi connectivity index (χ2v) is 4.30. The van der Waals surface area contributed by atoms with Crippen molar-refractivity contribution in [3.05, 3.63) is 21.7 Å². The number of aromatic nitrogens is 2. The number of rotatable bonds is 5. The lowest BCUT2D eigenvalue weighted by Crippen LogP contribution is -2.30. The van der Waals surface area contributed by atoms with Crippen molar-refractivity contribution in [1.82, 2.24) is 9.97 Å². The van der Waals surface area contributed by atoms with E-state index in [4.69, 9.17) is 16.7 Å². The van der Waals surface area contributed by atoms with Gasteiger partial charge in [0.2, 0.25) is 0 Å². The summed E-state index contributed by atoms with van der Waals surface area (Å²) in [6.07, 6.45) is 2.89. The third-order valence-electron chi connectivity index (χ3n) is 2.54. The van der Waals surface area contributed by atoms with Crippen LogP contribution in [0.4, 0.5) is 5.82 Å². The summed E-state index contributed by atoms with van der Waals surface area (Å²) in [5, 5.41) is 9.13. The normalized spacial score (nSPS) is 15.1. The molecular formula is C10H14ClN3O2. The van der Waals surface area contributed by atoms with E-state index in [2.05, 4.69) is 9.97 Å². The van der Waals surface area contributed by atoms with Crippen molar-refractivity contribution in [3.8, 4) is 0 Å².